The van der Waals surface area contributed by atoms with Crippen molar-refractivity contribution in [2.24, 2.45) is 5.92 Å². The first-order valence-corrected chi connectivity index (χ1v) is 7.72. The summed E-state index contributed by atoms with van der Waals surface area (Å²) >= 11 is 0. The van der Waals surface area contributed by atoms with Crippen LogP contribution in [0.3, 0.4) is 0 Å². The molecular formula is C11H22N2O5S. The number of nitrogens with zero attached hydrogens (tertiary/aromatic N) is 1. The monoisotopic (exact) mass is 294 g/mol. The van der Waals surface area contributed by atoms with Crippen LogP contribution in [0, 0.1) is 5.92 Å². The molecular weight excluding hydrogens is 272 g/mol. The predicted octanol–water partition coefficient (Wildman–Crippen LogP) is -0.117. The van der Waals surface area contributed by atoms with Gasteiger partial charge in [0.15, 0.2) is 0 Å². The van der Waals surface area contributed by atoms with Crippen molar-refractivity contribution in [2.45, 2.75) is 33.2 Å². The fourth-order valence-electron chi connectivity index (χ4n) is 1.42. The van der Waals surface area contributed by atoms with Gasteiger partial charge in [-0.25, -0.2) is 13.2 Å². The van der Waals surface area contributed by atoms with Crippen molar-refractivity contribution >= 4 is 21.9 Å². The molecule has 0 saturated carbocycles. The molecule has 0 aliphatic rings. The van der Waals surface area contributed by atoms with Crippen LogP contribution >= 0.6 is 0 Å². The van der Waals surface area contributed by atoms with Crippen molar-refractivity contribution in [1.29, 1.82) is 0 Å². The third-order valence-electron chi connectivity index (χ3n) is 3.00. The van der Waals surface area contributed by atoms with Crippen LogP contribution in [0.15, 0.2) is 0 Å². The molecule has 0 radical (unpaired) electrons. The van der Waals surface area contributed by atoms with Crippen LogP contribution in [0.1, 0.15) is 27.2 Å². The first kappa shape index (κ1) is 17.8. The topological polar surface area (TPSA) is 104 Å². The Morgan fingerprint density at radius 1 is 1.32 bits per heavy atom. The van der Waals surface area contributed by atoms with Crippen molar-refractivity contribution in [3.63, 3.8) is 0 Å². The van der Waals surface area contributed by atoms with E-state index in [0.717, 1.165) is 4.31 Å². The van der Waals surface area contributed by atoms with Crippen LogP contribution in [-0.2, 0) is 19.6 Å². The normalized spacial score (nSPS) is 15.0. The molecule has 2 atom stereocenters. The lowest BCUT2D eigenvalue weighted by atomic mass is 9.99. The second-order valence-electron chi connectivity index (χ2n) is 4.43. The van der Waals surface area contributed by atoms with E-state index in [1.165, 1.54) is 14.0 Å². The molecule has 8 heteroatoms. The Bertz CT molecular complexity index is 421. The molecule has 0 fully saturated rings. The fourth-order valence-corrected chi connectivity index (χ4v) is 2.18. The van der Waals surface area contributed by atoms with Crippen LogP contribution in [0.25, 0.3) is 0 Å². The highest BCUT2D eigenvalue weighted by atomic mass is 32.2. The molecule has 0 aromatic heterocycles. The quantitative estimate of drug-likeness (QED) is 0.649. The zero-order valence-electron chi connectivity index (χ0n) is 11.7. The summed E-state index contributed by atoms with van der Waals surface area (Å²) in [5, 5.41) is 11.4. The summed E-state index contributed by atoms with van der Waals surface area (Å²) in [5.41, 5.74) is 0. The van der Waals surface area contributed by atoms with Gasteiger partial charge in [0, 0.05) is 7.05 Å². The van der Waals surface area contributed by atoms with Gasteiger partial charge in [0.05, 0.1) is 12.3 Å². The van der Waals surface area contributed by atoms with E-state index in [2.05, 4.69) is 5.32 Å². The largest absolute Gasteiger partial charge is 0.480 e. The number of aliphatic carboxylic acids is 1. The van der Waals surface area contributed by atoms with Crippen molar-refractivity contribution in [1.82, 2.24) is 9.62 Å². The molecule has 2 N–H and O–H groups in total. The number of nitrogens with one attached hydrogen (secondary N) is 1. The SMILES string of the molecule is CCC(C)C(NC(=O)CN(C)S(=O)(=O)CC)C(=O)O. The van der Waals surface area contributed by atoms with Gasteiger partial charge in [-0.2, -0.15) is 4.31 Å². The van der Waals surface area contributed by atoms with Gasteiger partial charge in [0.1, 0.15) is 6.04 Å². The van der Waals surface area contributed by atoms with Crippen LogP contribution in [0.2, 0.25) is 0 Å². The van der Waals surface area contributed by atoms with Gasteiger partial charge >= 0.3 is 5.97 Å². The van der Waals surface area contributed by atoms with E-state index in [1.54, 1.807) is 6.92 Å². The third kappa shape index (κ3) is 5.56. The molecule has 112 valence electrons. The van der Waals surface area contributed by atoms with Gasteiger partial charge in [-0.3, -0.25) is 4.79 Å². The number of carboxylic acids is 1. The van der Waals surface area contributed by atoms with E-state index in [1.807, 2.05) is 6.92 Å². The van der Waals surface area contributed by atoms with Crippen LogP contribution in [0.5, 0.6) is 0 Å². The lowest BCUT2D eigenvalue weighted by Crippen LogP contribution is -2.48. The van der Waals surface area contributed by atoms with Crippen molar-refractivity contribution in [3.8, 4) is 0 Å². The van der Waals surface area contributed by atoms with Gasteiger partial charge in [0.25, 0.3) is 0 Å². The molecule has 1 amide bonds. The predicted molar refractivity (Wildman–Crippen MR) is 71.1 cm³/mol. The van der Waals surface area contributed by atoms with E-state index in [4.69, 9.17) is 5.11 Å². The molecule has 0 aliphatic heterocycles. The van der Waals surface area contributed by atoms with Gasteiger partial charge in [-0.1, -0.05) is 20.3 Å². The van der Waals surface area contributed by atoms with E-state index in [9.17, 15) is 18.0 Å². The number of carboxylic acid groups (broad SMARTS) is 1. The molecule has 0 aromatic carbocycles. The van der Waals surface area contributed by atoms with E-state index in [-0.39, 0.29) is 18.2 Å². The summed E-state index contributed by atoms with van der Waals surface area (Å²) in [6.45, 7) is 4.63. The molecule has 0 aromatic rings. The molecule has 2 unspecified atom stereocenters. The molecule has 19 heavy (non-hydrogen) atoms. The van der Waals surface area contributed by atoms with Crippen LogP contribution < -0.4 is 5.32 Å². The Balaban J connectivity index is 4.64. The summed E-state index contributed by atoms with van der Waals surface area (Å²) in [7, 11) is -2.16. The fraction of sp³-hybridized carbons (Fsp3) is 0.818. The van der Waals surface area contributed by atoms with Gasteiger partial charge in [-0.15, -0.1) is 0 Å². The van der Waals surface area contributed by atoms with Crippen molar-refractivity contribution < 1.29 is 23.1 Å². The maximum atomic E-state index is 11.7. The number of likely N-dealkylation sites (N-methyl/N-ethyl adjacent to an activating group) is 1. The zero-order chi connectivity index (χ0) is 15.2. The molecule has 0 bridgehead atoms. The number of sulfonamides is 1. The minimum absolute atomic E-state index is 0.107. The molecule has 0 spiro atoms. The van der Waals surface area contributed by atoms with Gasteiger partial charge in [0.2, 0.25) is 15.9 Å². The summed E-state index contributed by atoms with van der Waals surface area (Å²) in [6, 6.07) is -1.00. The minimum Gasteiger partial charge on any atom is -0.480 e. The summed E-state index contributed by atoms with van der Waals surface area (Å²) < 4.78 is 23.9. The minimum atomic E-state index is -3.45. The first-order valence-electron chi connectivity index (χ1n) is 6.11. The maximum absolute atomic E-state index is 11.7. The summed E-state index contributed by atoms with van der Waals surface area (Å²) in [6.07, 6.45) is 0.598. The van der Waals surface area contributed by atoms with E-state index < -0.39 is 27.9 Å². The Morgan fingerprint density at radius 3 is 2.21 bits per heavy atom. The Kier molecular flexibility index (Phi) is 6.99. The standard InChI is InChI=1S/C11H22N2O5S/c1-5-8(3)10(11(15)16)12-9(14)7-13(4)19(17,18)6-2/h8,10H,5-7H2,1-4H3,(H,12,14)(H,15,16). The average molecular weight is 294 g/mol. The van der Waals surface area contributed by atoms with Gasteiger partial charge in [-0.05, 0) is 12.8 Å². The molecule has 0 saturated heterocycles. The molecule has 0 aliphatic carbocycles. The van der Waals surface area contributed by atoms with Crippen molar-refractivity contribution in [2.75, 3.05) is 19.3 Å². The van der Waals surface area contributed by atoms with Gasteiger partial charge < -0.3 is 10.4 Å². The maximum Gasteiger partial charge on any atom is 0.326 e. The Morgan fingerprint density at radius 2 is 1.84 bits per heavy atom. The Hall–Kier alpha value is -1.15. The van der Waals surface area contributed by atoms with E-state index >= 15 is 0 Å². The molecule has 7 nitrogen and oxygen atoms in total. The number of hydrogen-bond acceptors (Lipinski definition) is 4. The number of hydrogen-bond donors (Lipinski definition) is 2. The number of carbonyl (C=O) groups excluding carboxylic acids is 1. The first-order chi connectivity index (χ1) is 8.65. The highest BCUT2D eigenvalue weighted by Gasteiger charge is 2.27. The number of rotatable bonds is 8. The van der Waals surface area contributed by atoms with E-state index in [0.29, 0.717) is 6.42 Å². The third-order valence-corrected chi connectivity index (χ3v) is 4.81. The summed E-state index contributed by atoms with van der Waals surface area (Å²) in [4.78, 5) is 22.7. The smallest absolute Gasteiger partial charge is 0.326 e. The number of amides is 1. The molecule has 0 rings (SSSR count). The second-order valence-corrected chi connectivity index (χ2v) is 6.79. The van der Waals surface area contributed by atoms with Crippen LogP contribution in [0.4, 0.5) is 0 Å². The Labute approximate surface area is 114 Å². The lowest BCUT2D eigenvalue weighted by molar-refractivity contribution is -0.143. The zero-order valence-corrected chi connectivity index (χ0v) is 12.5. The second kappa shape index (κ2) is 7.44. The van der Waals surface area contributed by atoms with Crippen molar-refractivity contribution in [3.05, 3.63) is 0 Å². The average Bonchev–Trinajstić information content (AvgIpc) is 2.34. The van der Waals surface area contributed by atoms with Crippen LogP contribution in [-0.4, -0.2) is 55.1 Å². The molecule has 0 heterocycles. The highest BCUT2D eigenvalue weighted by molar-refractivity contribution is 7.89. The number of carbonyl (C=O) groups is 2. The highest BCUT2D eigenvalue weighted by Crippen LogP contribution is 2.08. The lowest BCUT2D eigenvalue weighted by Gasteiger charge is -2.22. The summed E-state index contributed by atoms with van der Waals surface area (Å²) in [5.74, 6) is -2.07.